The van der Waals surface area contributed by atoms with Crippen LogP contribution in [0.3, 0.4) is 0 Å². The third kappa shape index (κ3) is 2.77. The number of allylic oxidation sites excluding steroid dienone is 1. The monoisotopic (exact) mass is 266 g/mol. The molecule has 0 N–H and O–H groups in total. The van der Waals surface area contributed by atoms with Crippen LogP contribution in [0.25, 0.3) is 0 Å². The Morgan fingerprint density at radius 1 is 1.47 bits per heavy atom. The molecular formula is C16H26O3. The van der Waals surface area contributed by atoms with E-state index >= 15 is 0 Å². The first-order valence-corrected chi connectivity index (χ1v) is 7.38. The second-order valence-electron chi connectivity index (χ2n) is 6.19. The molecular weight excluding hydrogens is 240 g/mol. The maximum atomic E-state index is 12.0. The molecule has 2 fully saturated rings. The van der Waals surface area contributed by atoms with E-state index in [4.69, 9.17) is 9.47 Å². The Balaban J connectivity index is 2.23. The van der Waals surface area contributed by atoms with Crippen molar-refractivity contribution in [2.45, 2.75) is 51.6 Å². The van der Waals surface area contributed by atoms with Crippen molar-refractivity contribution in [3.63, 3.8) is 0 Å². The van der Waals surface area contributed by atoms with Crippen LogP contribution in [0.15, 0.2) is 12.7 Å². The summed E-state index contributed by atoms with van der Waals surface area (Å²) in [7, 11) is 1.66. The SMILES string of the molecule is C=CC[C@]12C[C@@H](C)C(=O)C[C@@H]1CCC[C@@H]2OCOC. The Hall–Kier alpha value is -0.670. The van der Waals surface area contributed by atoms with Gasteiger partial charge in [0.15, 0.2) is 0 Å². The average molecular weight is 266 g/mol. The molecule has 4 atom stereocenters. The predicted octanol–water partition coefficient (Wildman–Crippen LogP) is 3.34. The van der Waals surface area contributed by atoms with Gasteiger partial charge in [-0.3, -0.25) is 4.79 Å². The summed E-state index contributed by atoms with van der Waals surface area (Å²) in [5, 5.41) is 0. The van der Waals surface area contributed by atoms with E-state index in [-0.39, 0.29) is 17.4 Å². The van der Waals surface area contributed by atoms with Crippen LogP contribution in [-0.2, 0) is 14.3 Å². The maximum Gasteiger partial charge on any atom is 0.146 e. The third-order valence-electron chi connectivity index (χ3n) is 5.07. The minimum absolute atomic E-state index is 0.103. The number of carbonyl (C=O) groups excluding carboxylic acids is 1. The number of rotatable bonds is 5. The van der Waals surface area contributed by atoms with Crippen molar-refractivity contribution in [1.82, 2.24) is 0 Å². The van der Waals surface area contributed by atoms with Gasteiger partial charge in [0, 0.05) is 24.9 Å². The number of ketones is 1. The van der Waals surface area contributed by atoms with Gasteiger partial charge in [0.2, 0.25) is 0 Å². The third-order valence-corrected chi connectivity index (χ3v) is 5.07. The number of hydrogen-bond acceptors (Lipinski definition) is 3. The van der Waals surface area contributed by atoms with Crippen molar-refractivity contribution in [1.29, 1.82) is 0 Å². The van der Waals surface area contributed by atoms with Gasteiger partial charge in [-0.25, -0.2) is 0 Å². The van der Waals surface area contributed by atoms with Crippen LogP contribution in [-0.4, -0.2) is 25.8 Å². The summed E-state index contributed by atoms with van der Waals surface area (Å²) in [6.07, 6.45) is 8.21. The number of methoxy groups -OCH3 is 1. The van der Waals surface area contributed by atoms with Crippen molar-refractivity contribution in [3.05, 3.63) is 12.7 Å². The second kappa shape index (κ2) is 6.19. The van der Waals surface area contributed by atoms with Crippen LogP contribution >= 0.6 is 0 Å². The van der Waals surface area contributed by atoms with Gasteiger partial charge < -0.3 is 9.47 Å². The standard InChI is InChI=1S/C16H26O3/c1-4-8-16-10-12(2)14(17)9-13(16)6-5-7-15(16)19-11-18-3/h4,12-13,15H,1,5-11H2,2-3H3/t12-,13+,15+,16+/m1/s1. The Morgan fingerprint density at radius 3 is 2.95 bits per heavy atom. The van der Waals surface area contributed by atoms with Crippen LogP contribution < -0.4 is 0 Å². The highest BCUT2D eigenvalue weighted by molar-refractivity contribution is 5.82. The van der Waals surface area contributed by atoms with Gasteiger partial charge in [0.05, 0.1) is 6.10 Å². The van der Waals surface area contributed by atoms with Gasteiger partial charge in [0.25, 0.3) is 0 Å². The molecule has 0 saturated heterocycles. The summed E-state index contributed by atoms with van der Waals surface area (Å²) in [6, 6.07) is 0. The van der Waals surface area contributed by atoms with Crippen molar-refractivity contribution >= 4 is 5.78 Å². The molecule has 0 spiro atoms. The van der Waals surface area contributed by atoms with Gasteiger partial charge in [0.1, 0.15) is 12.6 Å². The molecule has 2 aliphatic carbocycles. The fraction of sp³-hybridized carbons (Fsp3) is 0.812. The van der Waals surface area contributed by atoms with Crippen LogP contribution in [0.2, 0.25) is 0 Å². The normalized spacial score (nSPS) is 38.8. The first-order chi connectivity index (χ1) is 9.14. The topological polar surface area (TPSA) is 35.5 Å². The highest BCUT2D eigenvalue weighted by atomic mass is 16.7. The van der Waals surface area contributed by atoms with Gasteiger partial charge in [-0.2, -0.15) is 0 Å². The minimum atomic E-state index is 0.103. The Kier molecular flexibility index (Phi) is 4.80. The Bertz CT molecular complexity index is 339. The van der Waals surface area contributed by atoms with E-state index in [2.05, 4.69) is 13.5 Å². The summed E-state index contributed by atoms with van der Waals surface area (Å²) in [6.45, 7) is 6.33. The number of hydrogen-bond donors (Lipinski definition) is 0. The van der Waals surface area contributed by atoms with E-state index in [9.17, 15) is 4.79 Å². The van der Waals surface area contributed by atoms with Crippen molar-refractivity contribution in [2.75, 3.05) is 13.9 Å². The predicted molar refractivity (Wildman–Crippen MR) is 74.7 cm³/mol. The molecule has 2 aliphatic rings. The van der Waals surface area contributed by atoms with Crippen LogP contribution in [0.1, 0.15) is 45.4 Å². The van der Waals surface area contributed by atoms with Crippen LogP contribution in [0, 0.1) is 17.3 Å². The molecule has 108 valence electrons. The lowest BCUT2D eigenvalue weighted by Gasteiger charge is -2.52. The zero-order chi connectivity index (χ0) is 13.9. The molecule has 0 radical (unpaired) electrons. The molecule has 3 heteroatoms. The van der Waals surface area contributed by atoms with E-state index in [1.54, 1.807) is 7.11 Å². The van der Waals surface area contributed by atoms with E-state index in [0.717, 1.165) is 38.5 Å². The zero-order valence-corrected chi connectivity index (χ0v) is 12.2. The summed E-state index contributed by atoms with van der Waals surface area (Å²) in [4.78, 5) is 12.0. The van der Waals surface area contributed by atoms with Gasteiger partial charge in [-0.15, -0.1) is 6.58 Å². The molecule has 19 heavy (non-hydrogen) atoms. The largest absolute Gasteiger partial charge is 0.359 e. The maximum absolute atomic E-state index is 12.0. The van der Waals surface area contributed by atoms with E-state index < -0.39 is 0 Å². The molecule has 0 unspecified atom stereocenters. The second-order valence-corrected chi connectivity index (χ2v) is 6.19. The van der Waals surface area contributed by atoms with Crippen molar-refractivity contribution in [3.8, 4) is 0 Å². The molecule has 2 saturated carbocycles. The summed E-state index contributed by atoms with van der Waals surface area (Å²) in [5.74, 6) is 1.05. The van der Waals surface area contributed by atoms with E-state index in [1.807, 2.05) is 6.08 Å². The van der Waals surface area contributed by atoms with Gasteiger partial charge in [-0.1, -0.05) is 19.4 Å². The highest BCUT2D eigenvalue weighted by Crippen LogP contribution is 2.54. The molecule has 0 aliphatic heterocycles. The molecule has 2 rings (SSSR count). The number of fused-ring (bicyclic) bond motifs is 1. The fourth-order valence-corrected chi connectivity index (χ4v) is 4.17. The van der Waals surface area contributed by atoms with Crippen molar-refractivity contribution in [2.24, 2.45) is 17.3 Å². The Morgan fingerprint density at radius 2 is 2.26 bits per heavy atom. The molecule has 0 aromatic heterocycles. The molecule has 0 aromatic carbocycles. The summed E-state index contributed by atoms with van der Waals surface area (Å²) < 4.78 is 11.0. The molecule has 3 nitrogen and oxygen atoms in total. The average Bonchev–Trinajstić information content (AvgIpc) is 2.39. The van der Waals surface area contributed by atoms with Gasteiger partial charge in [-0.05, 0) is 31.6 Å². The Labute approximate surface area is 116 Å². The van der Waals surface area contributed by atoms with E-state index in [1.165, 1.54) is 0 Å². The molecule has 0 bridgehead atoms. The number of carbonyl (C=O) groups is 1. The number of ether oxygens (including phenoxy) is 2. The van der Waals surface area contributed by atoms with E-state index in [0.29, 0.717) is 18.5 Å². The molecule has 0 aromatic rings. The quantitative estimate of drug-likeness (QED) is 0.565. The van der Waals surface area contributed by atoms with Crippen molar-refractivity contribution < 1.29 is 14.3 Å². The minimum Gasteiger partial charge on any atom is -0.359 e. The highest BCUT2D eigenvalue weighted by Gasteiger charge is 2.52. The summed E-state index contributed by atoms with van der Waals surface area (Å²) >= 11 is 0. The lowest BCUT2D eigenvalue weighted by molar-refractivity contribution is -0.170. The first kappa shape index (κ1) is 14.7. The molecule has 0 heterocycles. The first-order valence-electron chi connectivity index (χ1n) is 7.38. The number of Topliss-reactive ketones (excluding diaryl/α,β-unsaturated/α-hetero) is 1. The van der Waals surface area contributed by atoms with Crippen LogP contribution in [0.4, 0.5) is 0 Å². The summed E-state index contributed by atoms with van der Waals surface area (Å²) in [5.41, 5.74) is 0.103. The van der Waals surface area contributed by atoms with Crippen LogP contribution in [0.5, 0.6) is 0 Å². The lowest BCUT2D eigenvalue weighted by Crippen LogP contribution is -2.51. The van der Waals surface area contributed by atoms with Gasteiger partial charge >= 0.3 is 0 Å². The zero-order valence-electron chi connectivity index (χ0n) is 12.2. The molecule has 0 amide bonds. The fourth-order valence-electron chi connectivity index (χ4n) is 4.17. The smallest absolute Gasteiger partial charge is 0.146 e. The lowest BCUT2D eigenvalue weighted by atomic mass is 9.54.